The van der Waals surface area contributed by atoms with Crippen LogP contribution in [0.15, 0.2) is 78.9 Å². The van der Waals surface area contributed by atoms with Gasteiger partial charge >= 0.3 is 0 Å². The summed E-state index contributed by atoms with van der Waals surface area (Å²) in [4.78, 5) is 17.5. The lowest BCUT2D eigenvalue weighted by atomic mass is 10.0. The Morgan fingerprint density at radius 1 is 0.778 bits per heavy atom. The van der Waals surface area contributed by atoms with E-state index >= 15 is 0 Å². The van der Waals surface area contributed by atoms with Gasteiger partial charge in [0, 0.05) is 19.5 Å². The number of aryl methyl sites for hydroxylation is 1. The second-order valence-corrected chi connectivity index (χ2v) is 9.63. The van der Waals surface area contributed by atoms with Gasteiger partial charge in [0.05, 0.1) is 17.5 Å². The van der Waals surface area contributed by atoms with E-state index < -0.39 is 0 Å². The molecule has 0 spiro atoms. The van der Waals surface area contributed by atoms with Crippen molar-refractivity contribution >= 4 is 16.9 Å². The first-order chi connectivity index (χ1) is 17.7. The highest BCUT2D eigenvalue weighted by Crippen LogP contribution is 2.20. The van der Waals surface area contributed by atoms with Crippen LogP contribution in [0, 0.1) is 0 Å². The molecule has 0 aliphatic rings. The van der Waals surface area contributed by atoms with Gasteiger partial charge in [0.1, 0.15) is 5.82 Å². The number of hydrogen-bond donors (Lipinski definition) is 1. The minimum atomic E-state index is 0.0530. The van der Waals surface area contributed by atoms with Gasteiger partial charge in [-0.25, -0.2) is 4.98 Å². The van der Waals surface area contributed by atoms with Crippen LogP contribution < -0.4 is 5.32 Å². The fourth-order valence-corrected chi connectivity index (χ4v) is 4.80. The van der Waals surface area contributed by atoms with E-state index in [0.29, 0.717) is 13.0 Å². The predicted octanol–water partition coefficient (Wildman–Crippen LogP) is 7.36. The number of imidazole rings is 1. The van der Waals surface area contributed by atoms with Crippen molar-refractivity contribution < 1.29 is 4.79 Å². The number of carbonyl (C=O) groups excluding carboxylic acids is 1. The van der Waals surface area contributed by atoms with Gasteiger partial charge in [0.15, 0.2) is 0 Å². The van der Waals surface area contributed by atoms with Gasteiger partial charge in [-0.2, -0.15) is 0 Å². The van der Waals surface area contributed by atoms with Gasteiger partial charge in [0.2, 0.25) is 5.91 Å². The van der Waals surface area contributed by atoms with E-state index in [0.717, 1.165) is 29.9 Å². The maximum atomic E-state index is 12.6. The lowest BCUT2D eigenvalue weighted by Gasteiger charge is -2.10. The molecule has 0 fully saturated rings. The number of unbranched alkanes of at least 4 members (excludes halogenated alkanes) is 6. The van der Waals surface area contributed by atoms with Crippen LogP contribution in [0.5, 0.6) is 0 Å². The predicted molar refractivity (Wildman–Crippen MR) is 150 cm³/mol. The third-order valence-corrected chi connectivity index (χ3v) is 6.82. The molecule has 0 saturated heterocycles. The zero-order valence-corrected chi connectivity index (χ0v) is 21.6. The van der Waals surface area contributed by atoms with E-state index in [1.165, 1.54) is 61.6 Å². The summed E-state index contributed by atoms with van der Waals surface area (Å²) in [5.41, 5.74) is 5.62. The molecule has 0 unspecified atom stereocenters. The Hall–Kier alpha value is -3.40. The van der Waals surface area contributed by atoms with Crippen molar-refractivity contribution in [2.24, 2.45) is 0 Å². The lowest BCUT2D eigenvalue weighted by molar-refractivity contribution is -0.120. The molecule has 1 N–H and O–H groups in total. The van der Waals surface area contributed by atoms with Crippen molar-refractivity contribution in [3.05, 3.63) is 90.3 Å². The average Bonchev–Trinajstić information content (AvgIpc) is 3.26. The molecule has 1 amide bonds. The number of rotatable bonds is 14. The lowest BCUT2D eigenvalue weighted by Crippen LogP contribution is -2.28. The molecule has 0 bridgehead atoms. The van der Waals surface area contributed by atoms with Crippen molar-refractivity contribution in [2.45, 2.75) is 71.3 Å². The Balaban J connectivity index is 1.27. The number of aromatic nitrogens is 2. The third-order valence-electron chi connectivity index (χ3n) is 6.82. The molecule has 0 atom stereocenters. The van der Waals surface area contributed by atoms with Crippen LogP contribution in [0.1, 0.15) is 63.3 Å². The Labute approximate surface area is 215 Å². The van der Waals surface area contributed by atoms with Crippen LogP contribution in [0.4, 0.5) is 0 Å². The first kappa shape index (κ1) is 25.7. The van der Waals surface area contributed by atoms with Gasteiger partial charge in [-0.3, -0.25) is 4.79 Å². The second kappa shape index (κ2) is 13.6. The van der Waals surface area contributed by atoms with E-state index in [4.69, 9.17) is 4.98 Å². The summed E-state index contributed by atoms with van der Waals surface area (Å²) < 4.78 is 2.36. The van der Waals surface area contributed by atoms with Crippen LogP contribution in [0.3, 0.4) is 0 Å². The topological polar surface area (TPSA) is 46.9 Å². The first-order valence-corrected chi connectivity index (χ1v) is 13.6. The maximum Gasteiger partial charge on any atom is 0.224 e. The van der Waals surface area contributed by atoms with Crippen molar-refractivity contribution in [3.8, 4) is 11.1 Å². The summed E-state index contributed by atoms with van der Waals surface area (Å²) in [6, 6.07) is 26.9. The smallest absolute Gasteiger partial charge is 0.224 e. The summed E-state index contributed by atoms with van der Waals surface area (Å²) in [6.07, 6.45) is 10.2. The van der Waals surface area contributed by atoms with Crippen molar-refractivity contribution in [3.63, 3.8) is 0 Å². The van der Waals surface area contributed by atoms with E-state index in [2.05, 4.69) is 59.3 Å². The fraction of sp³-hybridized carbons (Fsp3) is 0.375. The highest BCUT2D eigenvalue weighted by molar-refractivity contribution is 5.79. The first-order valence-electron chi connectivity index (χ1n) is 13.6. The molecule has 3 aromatic carbocycles. The highest BCUT2D eigenvalue weighted by atomic mass is 16.1. The Morgan fingerprint density at radius 3 is 2.22 bits per heavy atom. The number of benzene rings is 3. The van der Waals surface area contributed by atoms with Gasteiger partial charge in [-0.05, 0) is 35.2 Å². The molecule has 36 heavy (non-hydrogen) atoms. The summed E-state index contributed by atoms with van der Waals surface area (Å²) in [5, 5.41) is 3.10. The highest BCUT2D eigenvalue weighted by Gasteiger charge is 2.11. The minimum absolute atomic E-state index is 0.0530. The molecule has 4 aromatic rings. The monoisotopic (exact) mass is 481 g/mol. The molecule has 1 aromatic heterocycles. The molecule has 0 radical (unpaired) electrons. The van der Waals surface area contributed by atoms with Crippen LogP contribution in [0.2, 0.25) is 0 Å². The van der Waals surface area contributed by atoms with E-state index in [-0.39, 0.29) is 5.91 Å². The Bertz CT molecular complexity index is 1210. The van der Waals surface area contributed by atoms with Crippen LogP contribution in [0.25, 0.3) is 22.2 Å². The number of nitrogens with zero attached hydrogens (tertiary/aromatic N) is 2. The van der Waals surface area contributed by atoms with Crippen LogP contribution in [-0.2, 0) is 24.2 Å². The number of para-hydroxylation sites is 2. The molecule has 188 valence electrons. The maximum absolute atomic E-state index is 12.6. The van der Waals surface area contributed by atoms with E-state index in [9.17, 15) is 4.79 Å². The molecule has 1 heterocycles. The number of nitrogens with one attached hydrogen (secondary N) is 1. The second-order valence-electron chi connectivity index (χ2n) is 9.63. The van der Waals surface area contributed by atoms with Gasteiger partial charge in [-0.1, -0.05) is 112 Å². The van der Waals surface area contributed by atoms with Crippen LogP contribution in [-0.4, -0.2) is 22.0 Å². The summed E-state index contributed by atoms with van der Waals surface area (Å²) >= 11 is 0. The SMILES string of the molecule is CCCCCCCCCn1c(CCNC(=O)Cc2ccc(-c3ccccc3)cc2)nc2ccccc21. The van der Waals surface area contributed by atoms with Crippen molar-refractivity contribution in [1.29, 1.82) is 0 Å². The fourth-order valence-electron chi connectivity index (χ4n) is 4.80. The summed E-state index contributed by atoms with van der Waals surface area (Å²) in [7, 11) is 0. The quantitative estimate of drug-likeness (QED) is 0.191. The van der Waals surface area contributed by atoms with E-state index in [1.54, 1.807) is 0 Å². The molecule has 4 rings (SSSR count). The van der Waals surface area contributed by atoms with E-state index in [1.807, 2.05) is 36.4 Å². The number of carbonyl (C=O) groups is 1. The number of fused-ring (bicyclic) bond motifs is 1. The van der Waals surface area contributed by atoms with Crippen LogP contribution >= 0.6 is 0 Å². The zero-order chi connectivity index (χ0) is 25.0. The Morgan fingerprint density at radius 2 is 1.44 bits per heavy atom. The van der Waals surface area contributed by atoms with Gasteiger partial charge in [-0.15, -0.1) is 0 Å². The average molecular weight is 482 g/mol. The zero-order valence-electron chi connectivity index (χ0n) is 21.6. The normalized spacial score (nSPS) is 11.1. The standard InChI is InChI=1S/C32H39N3O/c1-2-3-4-5-6-7-13-24-35-30-17-12-11-16-29(30)34-31(35)22-23-33-32(36)25-26-18-20-28(21-19-26)27-14-9-8-10-15-27/h8-12,14-21H,2-7,13,22-25H2,1H3,(H,33,36). The largest absolute Gasteiger partial charge is 0.355 e. The minimum Gasteiger partial charge on any atom is -0.355 e. The molecular weight excluding hydrogens is 442 g/mol. The molecule has 4 nitrogen and oxygen atoms in total. The molecular formula is C32H39N3O. The number of hydrogen-bond acceptors (Lipinski definition) is 2. The third kappa shape index (κ3) is 7.30. The molecule has 0 aliphatic carbocycles. The number of amides is 1. The molecule has 0 aliphatic heterocycles. The molecule has 4 heteroatoms. The molecule has 0 saturated carbocycles. The van der Waals surface area contributed by atoms with Gasteiger partial charge < -0.3 is 9.88 Å². The van der Waals surface area contributed by atoms with Crippen molar-refractivity contribution in [2.75, 3.05) is 6.54 Å². The van der Waals surface area contributed by atoms with Gasteiger partial charge in [0.25, 0.3) is 0 Å². The summed E-state index contributed by atoms with van der Waals surface area (Å²) in [6.45, 7) is 3.85. The summed E-state index contributed by atoms with van der Waals surface area (Å²) in [5.74, 6) is 1.12. The van der Waals surface area contributed by atoms with Crippen molar-refractivity contribution in [1.82, 2.24) is 14.9 Å². The Kier molecular flexibility index (Phi) is 9.72.